The molecule has 0 radical (unpaired) electrons. The maximum absolute atomic E-state index is 10.9. The number of fused-ring (bicyclic) bond motifs is 1. The summed E-state index contributed by atoms with van der Waals surface area (Å²) in [6.07, 6.45) is 7.96. The molecule has 0 spiro atoms. The topological polar surface area (TPSA) is 34.0 Å². The van der Waals surface area contributed by atoms with E-state index in [4.69, 9.17) is 0 Å². The van der Waals surface area contributed by atoms with E-state index in [-0.39, 0.29) is 0 Å². The summed E-state index contributed by atoms with van der Waals surface area (Å²) in [6, 6.07) is 8.48. The SMILES string of the molecule is C=C1CCCC(n2ccc(C=O)c2)CNc2ccc(Br)cc21. The number of anilines is 1. The number of hydrogen-bond donors (Lipinski definition) is 1. The Hall–Kier alpha value is -1.81. The van der Waals surface area contributed by atoms with Crippen molar-refractivity contribution in [3.63, 3.8) is 0 Å². The van der Waals surface area contributed by atoms with Crippen LogP contribution in [0.4, 0.5) is 5.69 Å². The molecule has 2 heterocycles. The fourth-order valence-electron chi connectivity index (χ4n) is 2.96. The van der Waals surface area contributed by atoms with Crippen molar-refractivity contribution in [1.29, 1.82) is 0 Å². The summed E-state index contributed by atoms with van der Waals surface area (Å²) in [6.45, 7) is 5.08. The van der Waals surface area contributed by atoms with Gasteiger partial charge in [-0.1, -0.05) is 22.5 Å². The summed E-state index contributed by atoms with van der Waals surface area (Å²) in [7, 11) is 0. The molecule has 1 aromatic heterocycles. The molecule has 1 N–H and O–H groups in total. The first-order valence-corrected chi connectivity index (χ1v) is 8.31. The van der Waals surface area contributed by atoms with Crippen molar-refractivity contribution in [1.82, 2.24) is 4.57 Å². The molecule has 114 valence electrons. The summed E-state index contributed by atoms with van der Waals surface area (Å²) < 4.78 is 3.22. The van der Waals surface area contributed by atoms with Crippen LogP contribution in [0.15, 0.2) is 47.7 Å². The summed E-state index contributed by atoms with van der Waals surface area (Å²) >= 11 is 3.54. The maximum atomic E-state index is 10.9. The van der Waals surface area contributed by atoms with Crippen LogP contribution in [-0.2, 0) is 0 Å². The van der Waals surface area contributed by atoms with E-state index in [0.29, 0.717) is 6.04 Å². The van der Waals surface area contributed by atoms with E-state index >= 15 is 0 Å². The predicted molar refractivity (Wildman–Crippen MR) is 94.4 cm³/mol. The van der Waals surface area contributed by atoms with Crippen LogP contribution >= 0.6 is 15.9 Å². The lowest BCUT2D eigenvalue weighted by molar-refractivity contribution is 0.112. The Morgan fingerprint density at radius 1 is 1.36 bits per heavy atom. The molecule has 0 fully saturated rings. The Balaban J connectivity index is 1.86. The fourth-order valence-corrected chi connectivity index (χ4v) is 3.32. The van der Waals surface area contributed by atoms with E-state index in [2.05, 4.69) is 44.5 Å². The zero-order valence-corrected chi connectivity index (χ0v) is 14.0. The first-order valence-electron chi connectivity index (χ1n) is 7.51. The molecule has 2 aromatic rings. The molecule has 0 bridgehead atoms. The lowest BCUT2D eigenvalue weighted by Gasteiger charge is -2.19. The van der Waals surface area contributed by atoms with Crippen LogP contribution in [0.5, 0.6) is 0 Å². The van der Waals surface area contributed by atoms with E-state index in [0.717, 1.165) is 47.8 Å². The van der Waals surface area contributed by atoms with Crippen molar-refractivity contribution in [3.8, 4) is 0 Å². The average Bonchev–Trinajstić information content (AvgIpc) is 3.01. The minimum Gasteiger partial charge on any atom is -0.382 e. The van der Waals surface area contributed by atoms with Crippen LogP contribution in [0.3, 0.4) is 0 Å². The normalized spacial score (nSPS) is 18.6. The highest BCUT2D eigenvalue weighted by atomic mass is 79.9. The smallest absolute Gasteiger partial charge is 0.151 e. The second kappa shape index (κ2) is 6.53. The van der Waals surface area contributed by atoms with Gasteiger partial charge in [0, 0.05) is 40.2 Å². The Labute approximate surface area is 139 Å². The average molecular weight is 359 g/mol. The monoisotopic (exact) mass is 358 g/mol. The number of benzene rings is 1. The van der Waals surface area contributed by atoms with Gasteiger partial charge in [-0.15, -0.1) is 0 Å². The Kier molecular flexibility index (Phi) is 4.48. The zero-order valence-electron chi connectivity index (χ0n) is 12.4. The van der Waals surface area contributed by atoms with Gasteiger partial charge in [0.25, 0.3) is 0 Å². The zero-order chi connectivity index (χ0) is 15.5. The molecule has 4 heteroatoms. The highest BCUT2D eigenvalue weighted by Crippen LogP contribution is 2.32. The minimum absolute atomic E-state index is 0.344. The van der Waals surface area contributed by atoms with Gasteiger partial charge in [0.1, 0.15) is 0 Å². The molecular weight excluding hydrogens is 340 g/mol. The number of carbonyl (C=O) groups excluding carboxylic acids is 1. The second-order valence-electron chi connectivity index (χ2n) is 5.73. The van der Waals surface area contributed by atoms with Crippen molar-refractivity contribution >= 4 is 33.5 Å². The van der Waals surface area contributed by atoms with E-state index in [1.165, 1.54) is 11.1 Å². The number of aromatic nitrogens is 1. The van der Waals surface area contributed by atoms with Crippen molar-refractivity contribution in [3.05, 3.63) is 58.8 Å². The number of halogens is 1. The summed E-state index contributed by atoms with van der Waals surface area (Å²) in [5.41, 5.74) is 4.22. The van der Waals surface area contributed by atoms with E-state index in [1.54, 1.807) is 0 Å². The predicted octanol–water partition coefficient (Wildman–Crippen LogP) is 4.91. The standard InChI is InChI=1S/C18H19BrN2O/c1-13-3-2-4-16(21-8-7-14(11-21)12-22)10-20-18-6-5-15(19)9-17(13)18/h5-9,11-12,16,20H,1-4,10H2. The van der Waals surface area contributed by atoms with Crippen LogP contribution in [0.2, 0.25) is 0 Å². The van der Waals surface area contributed by atoms with Gasteiger partial charge in [0.2, 0.25) is 0 Å². The molecule has 0 saturated heterocycles. The number of carbonyl (C=O) groups is 1. The van der Waals surface area contributed by atoms with Gasteiger partial charge in [-0.3, -0.25) is 4.79 Å². The number of nitrogens with one attached hydrogen (secondary N) is 1. The molecule has 1 aliphatic heterocycles. The molecule has 22 heavy (non-hydrogen) atoms. The molecule has 1 aliphatic rings. The van der Waals surface area contributed by atoms with Gasteiger partial charge in [-0.2, -0.15) is 0 Å². The molecule has 0 amide bonds. The third-order valence-corrected chi connectivity index (χ3v) is 4.69. The van der Waals surface area contributed by atoms with Gasteiger partial charge in [0.15, 0.2) is 6.29 Å². The van der Waals surface area contributed by atoms with Crippen LogP contribution in [-0.4, -0.2) is 17.4 Å². The maximum Gasteiger partial charge on any atom is 0.151 e. The Bertz CT molecular complexity index is 705. The largest absolute Gasteiger partial charge is 0.382 e. The Morgan fingerprint density at radius 2 is 2.23 bits per heavy atom. The number of nitrogens with zero attached hydrogens (tertiary/aromatic N) is 1. The number of allylic oxidation sites excluding steroid dienone is 1. The van der Waals surface area contributed by atoms with Crippen LogP contribution in [0, 0.1) is 0 Å². The summed E-state index contributed by atoms with van der Waals surface area (Å²) in [5, 5.41) is 3.55. The third-order valence-electron chi connectivity index (χ3n) is 4.20. The molecule has 0 saturated carbocycles. The quantitative estimate of drug-likeness (QED) is 0.773. The first kappa shape index (κ1) is 15.1. The molecule has 0 aliphatic carbocycles. The first-order chi connectivity index (χ1) is 10.7. The Morgan fingerprint density at radius 3 is 3.00 bits per heavy atom. The van der Waals surface area contributed by atoms with E-state index in [9.17, 15) is 4.79 Å². The lowest BCUT2D eigenvalue weighted by atomic mass is 10.00. The highest BCUT2D eigenvalue weighted by Gasteiger charge is 2.16. The van der Waals surface area contributed by atoms with Gasteiger partial charge >= 0.3 is 0 Å². The van der Waals surface area contributed by atoms with Gasteiger partial charge in [0.05, 0.1) is 6.04 Å². The fraction of sp³-hybridized carbons (Fsp3) is 0.278. The van der Waals surface area contributed by atoms with Gasteiger partial charge in [-0.25, -0.2) is 0 Å². The molecule has 1 atom stereocenters. The minimum atomic E-state index is 0.344. The van der Waals surface area contributed by atoms with Crippen LogP contribution in [0.1, 0.15) is 41.2 Å². The number of hydrogen-bond acceptors (Lipinski definition) is 2. The van der Waals surface area contributed by atoms with Crippen molar-refractivity contribution < 1.29 is 4.79 Å². The van der Waals surface area contributed by atoms with E-state index in [1.807, 2.05) is 24.5 Å². The molecule has 3 rings (SSSR count). The second-order valence-corrected chi connectivity index (χ2v) is 6.65. The van der Waals surface area contributed by atoms with E-state index < -0.39 is 0 Å². The molecule has 1 unspecified atom stereocenters. The van der Waals surface area contributed by atoms with Crippen molar-refractivity contribution in [2.75, 3.05) is 11.9 Å². The van der Waals surface area contributed by atoms with Crippen LogP contribution in [0.25, 0.3) is 5.57 Å². The molecule has 3 nitrogen and oxygen atoms in total. The van der Waals surface area contributed by atoms with Crippen molar-refractivity contribution in [2.24, 2.45) is 0 Å². The van der Waals surface area contributed by atoms with Crippen molar-refractivity contribution in [2.45, 2.75) is 25.3 Å². The highest BCUT2D eigenvalue weighted by molar-refractivity contribution is 9.10. The summed E-state index contributed by atoms with van der Waals surface area (Å²) in [5.74, 6) is 0. The number of rotatable bonds is 2. The molecule has 1 aromatic carbocycles. The third kappa shape index (κ3) is 3.17. The van der Waals surface area contributed by atoms with Gasteiger partial charge in [-0.05, 0) is 49.1 Å². The van der Waals surface area contributed by atoms with Crippen LogP contribution < -0.4 is 5.32 Å². The number of aldehydes is 1. The summed E-state index contributed by atoms with van der Waals surface area (Å²) in [4.78, 5) is 10.9. The lowest BCUT2D eigenvalue weighted by Crippen LogP contribution is -2.17. The van der Waals surface area contributed by atoms with Gasteiger partial charge < -0.3 is 9.88 Å². The molecular formula is C18H19BrN2O.